The highest BCUT2D eigenvalue weighted by atomic mass is 16.4. The van der Waals surface area contributed by atoms with E-state index in [2.05, 4.69) is 19.9 Å². The summed E-state index contributed by atoms with van der Waals surface area (Å²) in [7, 11) is 0. The molecule has 7 heteroatoms. The highest BCUT2D eigenvalue weighted by Crippen LogP contribution is 2.22. The fraction of sp³-hybridized carbons (Fsp3) is 0.538. The van der Waals surface area contributed by atoms with Crippen LogP contribution in [0.3, 0.4) is 0 Å². The Kier molecular flexibility index (Phi) is 3.25. The van der Waals surface area contributed by atoms with Gasteiger partial charge >= 0.3 is 5.97 Å². The lowest BCUT2D eigenvalue weighted by Crippen LogP contribution is -2.14. The van der Waals surface area contributed by atoms with Crippen molar-refractivity contribution in [2.75, 3.05) is 0 Å². The van der Waals surface area contributed by atoms with Gasteiger partial charge in [0, 0.05) is 12.2 Å². The molecule has 7 nitrogen and oxygen atoms in total. The summed E-state index contributed by atoms with van der Waals surface area (Å²) in [5.41, 5.74) is 2.53. The van der Waals surface area contributed by atoms with E-state index in [0.29, 0.717) is 6.54 Å². The summed E-state index contributed by atoms with van der Waals surface area (Å²) in [5, 5.41) is 16.3. The van der Waals surface area contributed by atoms with Crippen molar-refractivity contribution in [2.24, 2.45) is 0 Å². The molecular formula is C13H17N5O2. The van der Waals surface area contributed by atoms with Gasteiger partial charge in [0.05, 0.1) is 18.4 Å². The number of hydrogen-bond acceptors (Lipinski definition) is 4. The molecule has 2 heterocycles. The number of aromatic nitrogens is 5. The van der Waals surface area contributed by atoms with Gasteiger partial charge in [0.2, 0.25) is 0 Å². The predicted molar refractivity (Wildman–Crippen MR) is 70.6 cm³/mol. The third kappa shape index (κ3) is 2.31. The summed E-state index contributed by atoms with van der Waals surface area (Å²) >= 11 is 0. The molecule has 0 aromatic carbocycles. The Hall–Kier alpha value is -2.18. The van der Waals surface area contributed by atoms with Crippen LogP contribution >= 0.6 is 0 Å². The fourth-order valence-corrected chi connectivity index (χ4v) is 2.74. The SMILES string of the molecule is Cc1nc2c(n1CCn1cc(C(=O)O)nn1)CCCC2. The first-order chi connectivity index (χ1) is 9.65. The zero-order chi connectivity index (χ0) is 14.1. The van der Waals surface area contributed by atoms with Gasteiger partial charge in [-0.2, -0.15) is 0 Å². The quantitative estimate of drug-likeness (QED) is 0.901. The Bertz CT molecular complexity index is 643. The summed E-state index contributed by atoms with van der Waals surface area (Å²) < 4.78 is 3.79. The highest BCUT2D eigenvalue weighted by molar-refractivity contribution is 5.84. The van der Waals surface area contributed by atoms with Crippen LogP contribution in [0.15, 0.2) is 6.20 Å². The van der Waals surface area contributed by atoms with E-state index in [-0.39, 0.29) is 5.69 Å². The number of rotatable bonds is 4. The average Bonchev–Trinajstić information content (AvgIpc) is 3.00. The van der Waals surface area contributed by atoms with E-state index in [1.807, 2.05) is 6.92 Å². The Morgan fingerprint density at radius 1 is 1.35 bits per heavy atom. The van der Waals surface area contributed by atoms with E-state index in [1.165, 1.54) is 30.4 Å². The van der Waals surface area contributed by atoms with E-state index in [4.69, 9.17) is 5.11 Å². The van der Waals surface area contributed by atoms with Crippen LogP contribution in [0.25, 0.3) is 0 Å². The second kappa shape index (κ2) is 5.07. The Labute approximate surface area is 116 Å². The number of carboxylic acid groups (broad SMARTS) is 1. The van der Waals surface area contributed by atoms with Crippen LogP contribution in [0.1, 0.15) is 40.5 Å². The third-order valence-corrected chi connectivity index (χ3v) is 3.73. The number of aromatic carboxylic acids is 1. The van der Waals surface area contributed by atoms with Gasteiger partial charge in [0.15, 0.2) is 5.69 Å². The van der Waals surface area contributed by atoms with Gasteiger partial charge in [-0.05, 0) is 32.6 Å². The lowest BCUT2D eigenvalue weighted by atomic mass is 10.0. The molecule has 1 N–H and O–H groups in total. The Morgan fingerprint density at radius 3 is 2.90 bits per heavy atom. The van der Waals surface area contributed by atoms with Crippen molar-refractivity contribution in [1.29, 1.82) is 0 Å². The number of fused-ring (bicyclic) bond motifs is 1. The molecule has 20 heavy (non-hydrogen) atoms. The molecule has 0 bridgehead atoms. The molecule has 3 rings (SSSR count). The second-order valence-corrected chi connectivity index (χ2v) is 5.08. The molecule has 0 atom stereocenters. The normalized spacial score (nSPS) is 14.2. The molecule has 0 radical (unpaired) electrons. The van der Waals surface area contributed by atoms with Crippen LogP contribution in [-0.2, 0) is 25.9 Å². The van der Waals surface area contributed by atoms with E-state index in [1.54, 1.807) is 4.68 Å². The summed E-state index contributed by atoms with van der Waals surface area (Å²) in [5.74, 6) is -0.0251. The molecule has 2 aromatic rings. The summed E-state index contributed by atoms with van der Waals surface area (Å²) in [6.07, 6.45) is 6.03. The number of hydrogen-bond donors (Lipinski definition) is 1. The molecule has 0 saturated heterocycles. The van der Waals surface area contributed by atoms with E-state index in [0.717, 1.165) is 25.2 Å². The molecule has 2 aromatic heterocycles. The first-order valence-corrected chi connectivity index (χ1v) is 6.83. The molecule has 0 fully saturated rings. The van der Waals surface area contributed by atoms with Crippen LogP contribution in [0, 0.1) is 6.92 Å². The largest absolute Gasteiger partial charge is 0.476 e. The molecular weight excluding hydrogens is 258 g/mol. The van der Waals surface area contributed by atoms with Gasteiger partial charge in [-0.15, -0.1) is 5.10 Å². The van der Waals surface area contributed by atoms with Crippen molar-refractivity contribution in [1.82, 2.24) is 24.5 Å². The van der Waals surface area contributed by atoms with E-state index < -0.39 is 5.97 Å². The van der Waals surface area contributed by atoms with Crippen LogP contribution < -0.4 is 0 Å². The molecule has 0 aliphatic heterocycles. The van der Waals surface area contributed by atoms with Crippen LogP contribution in [-0.4, -0.2) is 35.6 Å². The Morgan fingerprint density at radius 2 is 2.15 bits per heavy atom. The van der Waals surface area contributed by atoms with Crippen molar-refractivity contribution in [3.63, 3.8) is 0 Å². The van der Waals surface area contributed by atoms with Crippen molar-refractivity contribution in [3.8, 4) is 0 Å². The minimum atomic E-state index is -1.05. The topological polar surface area (TPSA) is 85.8 Å². The summed E-state index contributed by atoms with van der Waals surface area (Å²) in [4.78, 5) is 15.4. The smallest absolute Gasteiger partial charge is 0.358 e. The summed E-state index contributed by atoms with van der Waals surface area (Å²) in [6.45, 7) is 3.36. The lowest BCUT2D eigenvalue weighted by molar-refractivity contribution is 0.0690. The molecule has 106 valence electrons. The zero-order valence-corrected chi connectivity index (χ0v) is 11.4. The van der Waals surface area contributed by atoms with Gasteiger partial charge in [-0.25, -0.2) is 14.5 Å². The third-order valence-electron chi connectivity index (χ3n) is 3.73. The first kappa shape index (κ1) is 12.8. The maximum absolute atomic E-state index is 10.8. The van der Waals surface area contributed by atoms with Crippen molar-refractivity contribution in [2.45, 2.75) is 45.7 Å². The Balaban J connectivity index is 1.74. The van der Waals surface area contributed by atoms with Gasteiger partial charge in [-0.1, -0.05) is 5.21 Å². The maximum Gasteiger partial charge on any atom is 0.358 e. The molecule has 0 spiro atoms. The fourth-order valence-electron chi connectivity index (χ4n) is 2.74. The van der Waals surface area contributed by atoms with Gasteiger partial charge < -0.3 is 9.67 Å². The molecule has 0 unspecified atom stereocenters. The maximum atomic E-state index is 10.8. The average molecular weight is 275 g/mol. The minimum absolute atomic E-state index is 0.0191. The lowest BCUT2D eigenvalue weighted by Gasteiger charge is -2.14. The minimum Gasteiger partial charge on any atom is -0.476 e. The van der Waals surface area contributed by atoms with Gasteiger partial charge in [0.1, 0.15) is 5.82 Å². The number of aryl methyl sites for hydroxylation is 3. The predicted octanol–water partition coefficient (Wildman–Crippen LogP) is 1.06. The zero-order valence-electron chi connectivity index (χ0n) is 11.4. The standard InChI is InChI=1S/C13H17N5O2/c1-9-14-10-4-2-3-5-12(10)18(9)7-6-17-8-11(13(19)20)15-16-17/h8H,2-7H2,1H3,(H,19,20). The van der Waals surface area contributed by atoms with Crippen LogP contribution in [0.2, 0.25) is 0 Å². The van der Waals surface area contributed by atoms with E-state index in [9.17, 15) is 4.79 Å². The molecule has 0 amide bonds. The number of carbonyl (C=O) groups is 1. The van der Waals surface area contributed by atoms with Crippen molar-refractivity contribution in [3.05, 3.63) is 29.1 Å². The summed E-state index contributed by atoms with van der Waals surface area (Å²) in [6, 6.07) is 0. The monoisotopic (exact) mass is 275 g/mol. The van der Waals surface area contributed by atoms with Crippen LogP contribution in [0.5, 0.6) is 0 Å². The van der Waals surface area contributed by atoms with Crippen molar-refractivity contribution >= 4 is 5.97 Å². The van der Waals surface area contributed by atoms with Crippen LogP contribution in [0.4, 0.5) is 0 Å². The van der Waals surface area contributed by atoms with Gasteiger partial charge in [0.25, 0.3) is 0 Å². The van der Waals surface area contributed by atoms with E-state index >= 15 is 0 Å². The van der Waals surface area contributed by atoms with Gasteiger partial charge in [-0.3, -0.25) is 0 Å². The number of nitrogens with zero attached hydrogens (tertiary/aromatic N) is 5. The number of imidazole rings is 1. The highest BCUT2D eigenvalue weighted by Gasteiger charge is 2.18. The molecule has 1 aliphatic rings. The van der Waals surface area contributed by atoms with Crippen molar-refractivity contribution < 1.29 is 9.90 Å². The first-order valence-electron chi connectivity index (χ1n) is 6.83. The molecule has 0 saturated carbocycles. The number of carboxylic acids is 1. The molecule has 1 aliphatic carbocycles. The second-order valence-electron chi connectivity index (χ2n) is 5.08.